The van der Waals surface area contributed by atoms with Crippen molar-refractivity contribution in [2.45, 2.75) is 10.9 Å². The smallest absolute Gasteiger partial charge is 0.292 e. The van der Waals surface area contributed by atoms with Gasteiger partial charge in [-0.25, -0.2) is 4.98 Å². The van der Waals surface area contributed by atoms with E-state index in [4.69, 9.17) is 5.73 Å². The van der Waals surface area contributed by atoms with E-state index in [0.29, 0.717) is 5.82 Å². The number of nitrogen functional groups attached to an aromatic ring is 1. The highest BCUT2D eigenvalue weighted by atomic mass is 32.2. The Balaban J connectivity index is 1.81. The zero-order chi connectivity index (χ0) is 12.4. The first-order valence-electron chi connectivity index (χ1n) is 5.51. The van der Waals surface area contributed by atoms with Crippen LogP contribution in [-0.2, 0) is 5.75 Å². The molecular formula is C12H12N5S+. The minimum atomic E-state index is 0.461. The normalized spacial score (nSPS) is 10.9. The highest BCUT2D eigenvalue weighted by Gasteiger charge is 2.13. The van der Waals surface area contributed by atoms with Gasteiger partial charge in [0, 0.05) is 5.75 Å². The van der Waals surface area contributed by atoms with Crippen LogP contribution in [0, 0.1) is 0 Å². The summed E-state index contributed by atoms with van der Waals surface area (Å²) in [6.07, 6.45) is 1.55. The number of hydrogen-bond acceptors (Lipinski definition) is 4. The number of fused-ring (bicyclic) bond motifs is 1. The maximum absolute atomic E-state index is 5.77. The molecule has 0 aliphatic carbocycles. The van der Waals surface area contributed by atoms with E-state index < -0.39 is 0 Å². The summed E-state index contributed by atoms with van der Waals surface area (Å²) in [5.74, 6) is 1.33. The highest BCUT2D eigenvalue weighted by Crippen LogP contribution is 2.22. The van der Waals surface area contributed by atoms with Crippen LogP contribution >= 0.6 is 11.8 Å². The fraction of sp³-hybridized carbons (Fsp3) is 0.0833. The molecule has 0 spiro atoms. The quantitative estimate of drug-likeness (QED) is 0.700. The molecule has 0 aliphatic rings. The van der Waals surface area contributed by atoms with Crippen LogP contribution in [-0.4, -0.2) is 15.0 Å². The van der Waals surface area contributed by atoms with Crippen molar-refractivity contribution in [2.24, 2.45) is 0 Å². The van der Waals surface area contributed by atoms with Crippen LogP contribution in [0.25, 0.3) is 11.2 Å². The lowest BCUT2D eigenvalue weighted by molar-refractivity contribution is -0.352. The van der Waals surface area contributed by atoms with Crippen LogP contribution in [0.1, 0.15) is 5.56 Å². The standard InChI is InChI=1S/C12H11N5S/c13-10-9-11(15-7-14-10)17-12(16-9)18-6-8-4-2-1-3-5-8/h1-5,7H,6H2,(H3,13,14,15,16,17)/p+1. The Morgan fingerprint density at radius 3 is 2.89 bits per heavy atom. The van der Waals surface area contributed by atoms with E-state index >= 15 is 0 Å². The molecule has 4 N–H and O–H groups in total. The van der Waals surface area contributed by atoms with Crippen molar-refractivity contribution in [3.8, 4) is 0 Å². The molecular weight excluding hydrogens is 246 g/mol. The summed E-state index contributed by atoms with van der Waals surface area (Å²) in [6.45, 7) is 0. The molecule has 2 heterocycles. The average molecular weight is 258 g/mol. The molecule has 6 heteroatoms. The maximum Gasteiger partial charge on any atom is 0.292 e. The third-order valence-corrected chi connectivity index (χ3v) is 3.51. The SMILES string of the molecule is Nc1nc[nH+]c2nc(SCc3ccccc3)[nH]c12. The van der Waals surface area contributed by atoms with Gasteiger partial charge in [0.1, 0.15) is 0 Å². The molecule has 0 unspecified atom stereocenters. The number of H-pyrrole nitrogens is 2. The molecule has 1 aromatic carbocycles. The molecule has 0 radical (unpaired) electrons. The molecule has 0 saturated heterocycles. The molecule has 5 nitrogen and oxygen atoms in total. The number of nitrogens with one attached hydrogen (secondary N) is 2. The minimum Gasteiger partial charge on any atom is -0.368 e. The molecule has 18 heavy (non-hydrogen) atoms. The number of hydrogen-bond donors (Lipinski definition) is 2. The maximum atomic E-state index is 5.77. The molecule has 0 aliphatic heterocycles. The number of aromatic amines is 2. The van der Waals surface area contributed by atoms with Gasteiger partial charge in [-0.1, -0.05) is 52.1 Å². The van der Waals surface area contributed by atoms with Gasteiger partial charge in [-0.3, -0.25) is 0 Å². The lowest BCUT2D eigenvalue weighted by Crippen LogP contribution is -2.06. The van der Waals surface area contributed by atoms with Crippen molar-refractivity contribution in [3.63, 3.8) is 0 Å². The number of anilines is 1. The zero-order valence-electron chi connectivity index (χ0n) is 9.55. The Labute approximate surface area is 108 Å². The Hall–Kier alpha value is -2.08. The van der Waals surface area contributed by atoms with Crippen LogP contribution in [0.3, 0.4) is 0 Å². The number of nitrogens with two attached hydrogens (primary N) is 1. The first-order valence-corrected chi connectivity index (χ1v) is 6.50. The Kier molecular flexibility index (Phi) is 2.85. The minimum absolute atomic E-state index is 0.461. The summed E-state index contributed by atoms with van der Waals surface area (Å²) in [5.41, 5.74) is 8.52. The first kappa shape index (κ1) is 11.0. The summed E-state index contributed by atoms with van der Waals surface area (Å²) in [4.78, 5) is 14.5. The van der Waals surface area contributed by atoms with Gasteiger partial charge in [-0.15, -0.1) is 0 Å². The highest BCUT2D eigenvalue weighted by molar-refractivity contribution is 7.98. The summed E-state index contributed by atoms with van der Waals surface area (Å²) < 4.78 is 0. The third kappa shape index (κ3) is 2.14. The Morgan fingerprint density at radius 2 is 2.11 bits per heavy atom. The van der Waals surface area contributed by atoms with E-state index in [2.05, 4.69) is 32.1 Å². The number of imidazole rings is 1. The molecule has 0 saturated carbocycles. The molecule has 0 bridgehead atoms. The topological polar surface area (TPSA) is 81.7 Å². The van der Waals surface area contributed by atoms with Crippen LogP contribution < -0.4 is 10.7 Å². The van der Waals surface area contributed by atoms with Crippen molar-refractivity contribution in [3.05, 3.63) is 42.2 Å². The summed E-state index contributed by atoms with van der Waals surface area (Å²) in [6, 6.07) is 10.3. The van der Waals surface area contributed by atoms with E-state index in [1.807, 2.05) is 18.2 Å². The van der Waals surface area contributed by atoms with E-state index in [0.717, 1.165) is 22.1 Å². The molecule has 0 atom stereocenters. The van der Waals surface area contributed by atoms with Crippen LogP contribution in [0.15, 0.2) is 41.8 Å². The average Bonchev–Trinajstić information content (AvgIpc) is 2.82. The third-order valence-electron chi connectivity index (χ3n) is 2.56. The number of nitrogens with zero attached hydrogens (tertiary/aromatic N) is 2. The van der Waals surface area contributed by atoms with Crippen molar-refractivity contribution >= 4 is 28.7 Å². The van der Waals surface area contributed by atoms with Gasteiger partial charge in [0.2, 0.25) is 17.3 Å². The molecule has 3 rings (SSSR count). The van der Waals surface area contributed by atoms with E-state index in [9.17, 15) is 0 Å². The fourth-order valence-electron chi connectivity index (χ4n) is 1.66. The van der Waals surface area contributed by atoms with Gasteiger partial charge in [-0.05, 0) is 5.56 Å². The number of benzene rings is 1. The first-order chi connectivity index (χ1) is 8.83. The lowest BCUT2D eigenvalue weighted by atomic mass is 10.2. The van der Waals surface area contributed by atoms with Gasteiger partial charge >= 0.3 is 0 Å². The van der Waals surface area contributed by atoms with Crippen LogP contribution in [0.5, 0.6) is 0 Å². The second-order valence-electron chi connectivity index (χ2n) is 3.83. The lowest BCUT2D eigenvalue weighted by Gasteiger charge is -1.95. The second kappa shape index (κ2) is 4.66. The van der Waals surface area contributed by atoms with E-state index in [1.165, 1.54) is 5.56 Å². The fourth-order valence-corrected chi connectivity index (χ4v) is 2.49. The summed E-state index contributed by atoms with van der Waals surface area (Å²) in [5, 5.41) is 0.838. The van der Waals surface area contributed by atoms with Gasteiger partial charge in [0.05, 0.1) is 0 Å². The van der Waals surface area contributed by atoms with Crippen molar-refractivity contribution in [2.75, 3.05) is 5.73 Å². The van der Waals surface area contributed by atoms with Gasteiger partial charge in [-0.2, -0.15) is 0 Å². The number of rotatable bonds is 3. The summed E-state index contributed by atoms with van der Waals surface area (Å²) in [7, 11) is 0. The number of thioether (sulfide) groups is 1. The predicted molar refractivity (Wildman–Crippen MR) is 70.9 cm³/mol. The van der Waals surface area contributed by atoms with Gasteiger partial charge in [0.25, 0.3) is 5.65 Å². The van der Waals surface area contributed by atoms with E-state index in [-0.39, 0.29) is 0 Å². The second-order valence-corrected chi connectivity index (χ2v) is 4.79. The Bertz CT molecular complexity index is 665. The van der Waals surface area contributed by atoms with Crippen LogP contribution in [0.4, 0.5) is 5.82 Å². The monoisotopic (exact) mass is 258 g/mol. The number of aromatic nitrogens is 4. The van der Waals surface area contributed by atoms with Crippen molar-refractivity contribution in [1.29, 1.82) is 0 Å². The molecule has 3 aromatic rings. The van der Waals surface area contributed by atoms with Gasteiger partial charge in [0.15, 0.2) is 5.52 Å². The zero-order valence-corrected chi connectivity index (χ0v) is 10.4. The molecule has 0 amide bonds. The Morgan fingerprint density at radius 1 is 1.28 bits per heavy atom. The largest absolute Gasteiger partial charge is 0.368 e. The molecule has 0 fully saturated rings. The molecule has 90 valence electrons. The van der Waals surface area contributed by atoms with Crippen LogP contribution in [0.2, 0.25) is 0 Å². The van der Waals surface area contributed by atoms with Crippen molar-refractivity contribution in [1.82, 2.24) is 15.0 Å². The van der Waals surface area contributed by atoms with Crippen molar-refractivity contribution < 1.29 is 4.98 Å². The summed E-state index contributed by atoms with van der Waals surface area (Å²) >= 11 is 1.64. The molecule has 2 aromatic heterocycles. The predicted octanol–water partition coefficient (Wildman–Crippen LogP) is 1.65. The van der Waals surface area contributed by atoms with E-state index in [1.54, 1.807) is 18.1 Å². The van der Waals surface area contributed by atoms with Gasteiger partial charge < -0.3 is 10.7 Å².